The summed E-state index contributed by atoms with van der Waals surface area (Å²) in [7, 11) is -4.05. The van der Waals surface area contributed by atoms with Gasteiger partial charge in [-0.05, 0) is 19.1 Å². The Morgan fingerprint density at radius 3 is 2.45 bits per heavy atom. The molecule has 0 amide bonds. The fourth-order valence-electron chi connectivity index (χ4n) is 1.74. The van der Waals surface area contributed by atoms with Crippen LogP contribution in [0.3, 0.4) is 0 Å². The molecule has 0 unspecified atom stereocenters. The van der Waals surface area contributed by atoms with E-state index in [2.05, 4.69) is 0 Å². The molecule has 112 valence electrons. The third kappa shape index (κ3) is 3.14. The molecule has 0 aliphatic carbocycles. The number of halogens is 1. The zero-order chi connectivity index (χ0) is 15.5. The van der Waals surface area contributed by atoms with Gasteiger partial charge >= 0.3 is 5.97 Å². The Balaban J connectivity index is 3.48. The summed E-state index contributed by atoms with van der Waals surface area (Å²) < 4.78 is 39.4. The minimum absolute atomic E-state index is 0.0846. The van der Waals surface area contributed by atoms with Crippen LogP contribution in [0.2, 0.25) is 0 Å². The van der Waals surface area contributed by atoms with Crippen molar-refractivity contribution in [1.29, 1.82) is 0 Å². The van der Waals surface area contributed by atoms with Crippen LogP contribution in [-0.4, -0.2) is 48.6 Å². The Morgan fingerprint density at radius 1 is 1.40 bits per heavy atom. The van der Waals surface area contributed by atoms with Crippen molar-refractivity contribution in [3.63, 3.8) is 0 Å². The van der Waals surface area contributed by atoms with Crippen molar-refractivity contribution >= 4 is 16.0 Å². The molecule has 0 heterocycles. The first-order chi connectivity index (χ1) is 9.25. The number of aliphatic hydroxyl groups excluding tert-OH is 1. The van der Waals surface area contributed by atoms with Crippen molar-refractivity contribution in [3.05, 3.63) is 29.1 Å². The van der Waals surface area contributed by atoms with E-state index in [0.717, 1.165) is 16.4 Å². The Hall–Kier alpha value is -1.51. The zero-order valence-electron chi connectivity index (χ0n) is 11.1. The maximum atomic E-state index is 13.7. The molecule has 0 saturated carbocycles. The van der Waals surface area contributed by atoms with Gasteiger partial charge < -0.3 is 10.2 Å². The molecule has 1 aromatic rings. The third-order valence-electron chi connectivity index (χ3n) is 2.86. The van der Waals surface area contributed by atoms with E-state index < -0.39 is 32.3 Å². The second-order valence-electron chi connectivity index (χ2n) is 4.11. The van der Waals surface area contributed by atoms with Gasteiger partial charge in [0.15, 0.2) is 0 Å². The minimum Gasteiger partial charge on any atom is -0.478 e. The van der Waals surface area contributed by atoms with E-state index in [1.54, 1.807) is 6.92 Å². The molecule has 20 heavy (non-hydrogen) atoms. The number of carboxylic acids is 1. The molecule has 0 fully saturated rings. The predicted molar refractivity (Wildman–Crippen MR) is 69.6 cm³/mol. The van der Waals surface area contributed by atoms with Crippen LogP contribution >= 0.6 is 0 Å². The number of rotatable bonds is 6. The number of carbonyl (C=O) groups is 1. The lowest BCUT2D eigenvalue weighted by molar-refractivity contribution is 0.0696. The Morgan fingerprint density at radius 2 is 2.00 bits per heavy atom. The molecular formula is C12H16FNO5S. The second kappa shape index (κ2) is 6.29. The van der Waals surface area contributed by atoms with Gasteiger partial charge in [0.1, 0.15) is 5.82 Å². The summed E-state index contributed by atoms with van der Waals surface area (Å²) in [4.78, 5) is 10.5. The van der Waals surface area contributed by atoms with E-state index >= 15 is 0 Å². The van der Waals surface area contributed by atoms with Crippen LogP contribution in [-0.2, 0) is 10.0 Å². The lowest BCUT2D eigenvalue weighted by atomic mass is 10.1. The number of nitrogens with zero attached hydrogens (tertiary/aromatic N) is 1. The average molecular weight is 305 g/mol. The molecule has 1 aromatic carbocycles. The van der Waals surface area contributed by atoms with Gasteiger partial charge in [-0.3, -0.25) is 0 Å². The Labute approximate surface area is 116 Å². The van der Waals surface area contributed by atoms with E-state index in [1.165, 1.54) is 6.92 Å². The summed E-state index contributed by atoms with van der Waals surface area (Å²) in [6, 6.07) is 1.70. The molecule has 0 aromatic heterocycles. The van der Waals surface area contributed by atoms with E-state index in [9.17, 15) is 17.6 Å². The van der Waals surface area contributed by atoms with Gasteiger partial charge in [0, 0.05) is 18.7 Å². The molecule has 0 bridgehead atoms. The highest BCUT2D eigenvalue weighted by atomic mass is 32.2. The summed E-state index contributed by atoms with van der Waals surface area (Å²) in [5.74, 6) is -2.31. The molecule has 0 saturated heterocycles. The second-order valence-corrected chi connectivity index (χ2v) is 6.01. The molecule has 0 spiro atoms. The van der Waals surface area contributed by atoms with Gasteiger partial charge in [-0.15, -0.1) is 0 Å². The van der Waals surface area contributed by atoms with E-state index in [1.807, 2.05) is 0 Å². The van der Waals surface area contributed by atoms with Gasteiger partial charge in [0.25, 0.3) is 0 Å². The molecule has 0 atom stereocenters. The number of aromatic carboxylic acids is 1. The number of benzene rings is 1. The van der Waals surface area contributed by atoms with Gasteiger partial charge in [0.05, 0.1) is 17.1 Å². The molecule has 0 radical (unpaired) electrons. The number of hydrogen-bond donors (Lipinski definition) is 2. The van der Waals surface area contributed by atoms with E-state index in [0.29, 0.717) is 0 Å². The lowest BCUT2D eigenvalue weighted by Gasteiger charge is -2.21. The molecule has 2 N–H and O–H groups in total. The molecule has 6 nitrogen and oxygen atoms in total. The summed E-state index contributed by atoms with van der Waals surface area (Å²) in [5.41, 5.74) is -0.585. The molecule has 8 heteroatoms. The quantitative estimate of drug-likeness (QED) is 0.812. The van der Waals surface area contributed by atoms with Crippen molar-refractivity contribution in [2.24, 2.45) is 0 Å². The summed E-state index contributed by atoms with van der Waals surface area (Å²) >= 11 is 0. The monoisotopic (exact) mass is 305 g/mol. The Kier molecular flexibility index (Phi) is 5.21. The van der Waals surface area contributed by atoms with E-state index in [-0.39, 0.29) is 25.3 Å². The van der Waals surface area contributed by atoms with Gasteiger partial charge in [-0.25, -0.2) is 17.6 Å². The van der Waals surface area contributed by atoms with Crippen LogP contribution in [0.4, 0.5) is 4.39 Å². The summed E-state index contributed by atoms with van der Waals surface area (Å²) in [5, 5.41) is 17.7. The van der Waals surface area contributed by atoms with Crippen LogP contribution in [0.15, 0.2) is 17.0 Å². The normalized spacial score (nSPS) is 11.8. The van der Waals surface area contributed by atoms with Gasteiger partial charge in [-0.1, -0.05) is 6.92 Å². The van der Waals surface area contributed by atoms with Gasteiger partial charge in [-0.2, -0.15) is 4.31 Å². The number of hydrogen-bond acceptors (Lipinski definition) is 4. The Bertz CT molecular complexity index is 615. The average Bonchev–Trinajstić information content (AvgIpc) is 2.38. The summed E-state index contributed by atoms with van der Waals surface area (Å²) in [6.07, 6.45) is 0. The highest BCUT2D eigenvalue weighted by Gasteiger charge is 2.27. The maximum absolute atomic E-state index is 13.7. The maximum Gasteiger partial charge on any atom is 0.335 e. The van der Waals surface area contributed by atoms with Crippen LogP contribution in [0.1, 0.15) is 22.8 Å². The first-order valence-corrected chi connectivity index (χ1v) is 7.34. The highest BCUT2D eigenvalue weighted by molar-refractivity contribution is 7.89. The fraction of sp³-hybridized carbons (Fsp3) is 0.417. The van der Waals surface area contributed by atoms with Crippen LogP contribution in [0.25, 0.3) is 0 Å². The third-order valence-corrected chi connectivity index (χ3v) is 4.96. The lowest BCUT2D eigenvalue weighted by Crippen LogP contribution is -2.34. The molecule has 0 aliphatic heterocycles. The van der Waals surface area contributed by atoms with Gasteiger partial charge in [0.2, 0.25) is 10.0 Å². The predicted octanol–water partition coefficient (Wildman–Crippen LogP) is 0.835. The molecule has 1 rings (SSSR count). The van der Waals surface area contributed by atoms with Crippen molar-refractivity contribution < 1.29 is 27.8 Å². The minimum atomic E-state index is -4.05. The number of sulfonamides is 1. The first kappa shape index (κ1) is 16.5. The van der Waals surface area contributed by atoms with Crippen molar-refractivity contribution in [2.75, 3.05) is 19.7 Å². The molecule has 0 aliphatic rings. The standard InChI is InChI=1S/C12H16FNO5S/c1-3-14(4-5-15)20(18,19)11-7-9(12(16)17)6-10(13)8(11)2/h6-7,15H,3-5H2,1-2H3,(H,16,17). The smallest absolute Gasteiger partial charge is 0.335 e. The van der Waals surface area contributed by atoms with Crippen LogP contribution < -0.4 is 0 Å². The fourth-order valence-corrected chi connectivity index (χ4v) is 3.44. The van der Waals surface area contributed by atoms with Crippen LogP contribution in [0.5, 0.6) is 0 Å². The van der Waals surface area contributed by atoms with Crippen molar-refractivity contribution in [1.82, 2.24) is 4.31 Å². The van der Waals surface area contributed by atoms with Crippen molar-refractivity contribution in [2.45, 2.75) is 18.7 Å². The highest BCUT2D eigenvalue weighted by Crippen LogP contribution is 2.24. The number of likely N-dealkylation sites (N-methyl/N-ethyl adjacent to an activating group) is 1. The summed E-state index contributed by atoms with van der Waals surface area (Å²) in [6.45, 7) is 2.40. The topological polar surface area (TPSA) is 94.9 Å². The zero-order valence-corrected chi connectivity index (χ0v) is 11.9. The number of carboxylic acid groups (broad SMARTS) is 1. The first-order valence-electron chi connectivity index (χ1n) is 5.90. The molecular weight excluding hydrogens is 289 g/mol. The van der Waals surface area contributed by atoms with E-state index in [4.69, 9.17) is 10.2 Å². The SMILES string of the molecule is CCN(CCO)S(=O)(=O)c1cc(C(=O)O)cc(F)c1C. The largest absolute Gasteiger partial charge is 0.478 e. The van der Waals surface area contributed by atoms with Crippen LogP contribution in [0, 0.1) is 12.7 Å². The number of aliphatic hydroxyl groups is 1. The van der Waals surface area contributed by atoms with Crippen molar-refractivity contribution in [3.8, 4) is 0 Å².